The first-order valence-electron chi connectivity index (χ1n) is 6.37. The lowest BCUT2D eigenvalue weighted by atomic mass is 10.2. The van der Waals surface area contributed by atoms with Crippen LogP contribution in [0.3, 0.4) is 0 Å². The molecule has 0 radical (unpaired) electrons. The number of nitrogens with zero attached hydrogens (tertiary/aromatic N) is 1. The van der Waals surface area contributed by atoms with Crippen LogP contribution in [0.15, 0.2) is 47.4 Å². The summed E-state index contributed by atoms with van der Waals surface area (Å²) in [6.07, 6.45) is 0.656. The lowest BCUT2D eigenvalue weighted by molar-refractivity contribution is 0.564. The van der Waals surface area contributed by atoms with E-state index in [1.807, 2.05) is 12.1 Å². The van der Waals surface area contributed by atoms with Crippen molar-refractivity contribution in [1.29, 1.82) is 0 Å². The van der Waals surface area contributed by atoms with Gasteiger partial charge in [0.25, 0.3) is 10.0 Å². The van der Waals surface area contributed by atoms with E-state index < -0.39 is 15.8 Å². The fourth-order valence-corrected chi connectivity index (χ4v) is 4.04. The van der Waals surface area contributed by atoms with Crippen LogP contribution in [0.5, 0.6) is 0 Å². The number of anilines is 1. The number of halogens is 1. The predicted molar refractivity (Wildman–Crippen MR) is 75.8 cm³/mol. The lowest BCUT2D eigenvalue weighted by Gasteiger charge is -2.20. The van der Waals surface area contributed by atoms with Gasteiger partial charge in [-0.3, -0.25) is 4.31 Å². The molecule has 0 aromatic heterocycles. The van der Waals surface area contributed by atoms with E-state index in [4.69, 9.17) is 0 Å². The average Bonchev–Trinajstić information content (AvgIpc) is 2.82. The second-order valence-electron chi connectivity index (χ2n) is 4.89. The quantitative estimate of drug-likeness (QED) is 0.853. The Morgan fingerprint density at radius 3 is 2.65 bits per heavy atom. The molecule has 0 saturated heterocycles. The van der Waals surface area contributed by atoms with Crippen LogP contribution in [0.2, 0.25) is 0 Å². The Hall–Kier alpha value is -1.88. The van der Waals surface area contributed by atoms with Gasteiger partial charge in [0.1, 0.15) is 10.7 Å². The molecule has 3 rings (SSSR count). The van der Waals surface area contributed by atoms with Crippen molar-refractivity contribution in [2.24, 2.45) is 0 Å². The van der Waals surface area contributed by atoms with Crippen LogP contribution >= 0.6 is 0 Å². The van der Waals surface area contributed by atoms with E-state index in [2.05, 4.69) is 0 Å². The number of hydrogen-bond acceptors (Lipinski definition) is 2. The molecule has 0 atom stereocenters. The Balaban J connectivity index is 2.10. The van der Waals surface area contributed by atoms with Crippen LogP contribution < -0.4 is 4.31 Å². The minimum atomic E-state index is -3.84. The van der Waals surface area contributed by atoms with Crippen LogP contribution in [0.1, 0.15) is 11.1 Å². The van der Waals surface area contributed by atoms with Gasteiger partial charge in [-0.1, -0.05) is 24.3 Å². The largest absolute Gasteiger partial charge is 0.267 e. The first-order valence-corrected chi connectivity index (χ1v) is 7.81. The number of hydrogen-bond donors (Lipinski definition) is 0. The highest BCUT2D eigenvalue weighted by molar-refractivity contribution is 7.92. The van der Waals surface area contributed by atoms with Crippen LogP contribution in [-0.2, 0) is 16.4 Å². The standard InChI is InChI=1S/C15H14FNO2S/c1-11-6-7-15(13(16)10-11)20(18,19)17-9-8-12-4-2-3-5-14(12)17/h2-7,10H,8-9H2,1H3. The van der Waals surface area contributed by atoms with Crippen molar-refractivity contribution in [3.8, 4) is 0 Å². The molecular formula is C15H14FNO2S. The fourth-order valence-electron chi connectivity index (χ4n) is 2.49. The molecular weight excluding hydrogens is 277 g/mol. The third-order valence-corrected chi connectivity index (χ3v) is 5.35. The third kappa shape index (κ3) is 1.98. The average molecular weight is 291 g/mol. The van der Waals surface area contributed by atoms with Crippen LogP contribution in [0.4, 0.5) is 10.1 Å². The highest BCUT2D eigenvalue weighted by Crippen LogP contribution is 2.33. The molecule has 20 heavy (non-hydrogen) atoms. The molecule has 0 N–H and O–H groups in total. The maximum atomic E-state index is 14.0. The summed E-state index contributed by atoms with van der Waals surface area (Å²) in [6.45, 7) is 2.08. The molecule has 0 saturated carbocycles. The van der Waals surface area contributed by atoms with Gasteiger partial charge in [0.2, 0.25) is 0 Å². The first kappa shape index (κ1) is 13.1. The van der Waals surface area contributed by atoms with Gasteiger partial charge in [-0.2, -0.15) is 0 Å². The Labute approximate surface area is 117 Å². The predicted octanol–water partition coefficient (Wildman–Crippen LogP) is 2.89. The molecule has 0 fully saturated rings. The third-order valence-electron chi connectivity index (χ3n) is 3.50. The summed E-state index contributed by atoms with van der Waals surface area (Å²) in [7, 11) is -3.84. The fraction of sp³-hybridized carbons (Fsp3) is 0.200. The Morgan fingerprint density at radius 1 is 1.15 bits per heavy atom. The van der Waals surface area contributed by atoms with E-state index in [1.54, 1.807) is 25.1 Å². The van der Waals surface area contributed by atoms with Gasteiger partial charge >= 0.3 is 0 Å². The molecule has 1 aliphatic rings. The summed E-state index contributed by atoms with van der Waals surface area (Å²) >= 11 is 0. The summed E-state index contributed by atoms with van der Waals surface area (Å²) < 4.78 is 40.5. The number of fused-ring (bicyclic) bond motifs is 1. The van der Waals surface area contributed by atoms with Crippen LogP contribution in [-0.4, -0.2) is 15.0 Å². The van der Waals surface area contributed by atoms with Crippen molar-refractivity contribution >= 4 is 15.7 Å². The van der Waals surface area contributed by atoms with Crippen molar-refractivity contribution < 1.29 is 12.8 Å². The molecule has 0 amide bonds. The smallest absolute Gasteiger partial charge is 0.266 e. The van der Waals surface area contributed by atoms with E-state index in [1.165, 1.54) is 16.4 Å². The molecule has 2 aromatic carbocycles. The van der Waals surface area contributed by atoms with Crippen molar-refractivity contribution in [2.45, 2.75) is 18.2 Å². The van der Waals surface area contributed by atoms with Crippen LogP contribution in [0.25, 0.3) is 0 Å². The Morgan fingerprint density at radius 2 is 1.90 bits per heavy atom. The summed E-state index contributed by atoms with van der Waals surface area (Å²) in [5.74, 6) is -0.700. The van der Waals surface area contributed by atoms with Gasteiger partial charge in [0.15, 0.2) is 0 Å². The molecule has 1 heterocycles. The summed E-state index contributed by atoms with van der Waals surface area (Å²) in [6, 6.07) is 11.5. The topological polar surface area (TPSA) is 37.4 Å². The second-order valence-corrected chi connectivity index (χ2v) is 6.72. The molecule has 0 bridgehead atoms. The minimum Gasteiger partial charge on any atom is -0.266 e. The molecule has 2 aromatic rings. The number of benzene rings is 2. The maximum absolute atomic E-state index is 14.0. The van der Waals surface area contributed by atoms with Crippen molar-refractivity contribution in [2.75, 3.05) is 10.8 Å². The molecule has 5 heteroatoms. The van der Waals surface area contributed by atoms with Crippen molar-refractivity contribution in [3.05, 3.63) is 59.4 Å². The maximum Gasteiger partial charge on any atom is 0.267 e. The molecule has 1 aliphatic heterocycles. The molecule has 3 nitrogen and oxygen atoms in total. The van der Waals surface area contributed by atoms with Gasteiger partial charge in [0.05, 0.1) is 5.69 Å². The molecule has 0 aliphatic carbocycles. The van der Waals surface area contributed by atoms with Crippen molar-refractivity contribution in [3.63, 3.8) is 0 Å². The van der Waals surface area contributed by atoms with Gasteiger partial charge in [-0.15, -0.1) is 0 Å². The monoisotopic (exact) mass is 291 g/mol. The number of para-hydroxylation sites is 1. The van der Waals surface area contributed by atoms with E-state index in [-0.39, 0.29) is 4.90 Å². The normalized spacial score (nSPS) is 14.4. The van der Waals surface area contributed by atoms with Crippen LogP contribution in [0, 0.1) is 12.7 Å². The lowest BCUT2D eigenvalue weighted by Crippen LogP contribution is -2.29. The van der Waals surface area contributed by atoms with Gasteiger partial charge in [0, 0.05) is 6.54 Å². The Kier molecular flexibility index (Phi) is 3.01. The number of aryl methyl sites for hydroxylation is 1. The van der Waals surface area contributed by atoms with E-state index in [0.717, 1.165) is 5.56 Å². The van der Waals surface area contributed by atoms with Gasteiger partial charge in [-0.05, 0) is 42.7 Å². The van der Waals surface area contributed by atoms with E-state index in [0.29, 0.717) is 24.2 Å². The van der Waals surface area contributed by atoms with Gasteiger partial charge < -0.3 is 0 Å². The van der Waals surface area contributed by atoms with E-state index in [9.17, 15) is 12.8 Å². The molecule has 0 unspecified atom stereocenters. The highest BCUT2D eigenvalue weighted by Gasteiger charge is 2.32. The van der Waals surface area contributed by atoms with Crippen molar-refractivity contribution in [1.82, 2.24) is 0 Å². The summed E-state index contributed by atoms with van der Waals surface area (Å²) in [4.78, 5) is -0.264. The zero-order valence-corrected chi connectivity index (χ0v) is 11.8. The minimum absolute atomic E-state index is 0.264. The first-order chi connectivity index (χ1) is 9.50. The molecule has 0 spiro atoms. The van der Waals surface area contributed by atoms with Gasteiger partial charge in [-0.25, -0.2) is 12.8 Å². The SMILES string of the molecule is Cc1ccc(S(=O)(=O)N2CCc3ccccc32)c(F)c1. The Bertz CT molecular complexity index is 771. The summed E-state index contributed by atoms with van der Waals surface area (Å²) in [5.41, 5.74) is 2.32. The zero-order valence-electron chi connectivity index (χ0n) is 11.0. The number of rotatable bonds is 2. The zero-order chi connectivity index (χ0) is 14.3. The summed E-state index contributed by atoms with van der Waals surface area (Å²) in [5, 5.41) is 0. The second kappa shape index (κ2) is 4.59. The molecule has 104 valence electrons. The van der Waals surface area contributed by atoms with E-state index >= 15 is 0 Å². The number of sulfonamides is 1. The highest BCUT2D eigenvalue weighted by atomic mass is 32.2.